The maximum atomic E-state index is 4.67. The number of nitrogens with zero attached hydrogens (tertiary/aromatic N) is 2. The Balaban J connectivity index is 1.97. The molecule has 1 aromatic rings. The monoisotopic (exact) mass is 302 g/mol. The van der Waals surface area contributed by atoms with Gasteiger partial charge in [0.05, 0.1) is 5.69 Å². The van der Waals surface area contributed by atoms with Crippen molar-refractivity contribution < 1.29 is 0 Å². The van der Waals surface area contributed by atoms with Crippen LogP contribution in [0.15, 0.2) is 12.3 Å². The molecule has 1 aliphatic heterocycles. The van der Waals surface area contributed by atoms with Crippen LogP contribution in [0.5, 0.6) is 0 Å². The van der Waals surface area contributed by atoms with Gasteiger partial charge in [0, 0.05) is 22.8 Å². The van der Waals surface area contributed by atoms with Crippen LogP contribution in [-0.4, -0.2) is 26.1 Å². The highest BCUT2D eigenvalue weighted by atomic mass is 79.9. The van der Waals surface area contributed by atoms with Gasteiger partial charge in [-0.05, 0) is 37.5 Å². The third-order valence-electron chi connectivity index (χ3n) is 3.30. The lowest BCUT2D eigenvalue weighted by molar-refractivity contribution is 0.469. The summed E-state index contributed by atoms with van der Waals surface area (Å²) in [6.07, 6.45) is 4.38. The van der Waals surface area contributed by atoms with Gasteiger partial charge in [0.15, 0.2) is 0 Å². The van der Waals surface area contributed by atoms with E-state index < -0.39 is 0 Å². The van der Waals surface area contributed by atoms with Crippen molar-refractivity contribution in [2.75, 3.05) is 11.5 Å². The number of aromatic nitrogens is 2. The molecular formula is C12H19BrN2S. The Bertz CT molecular complexity index is 340. The summed E-state index contributed by atoms with van der Waals surface area (Å²) in [5.41, 5.74) is 1.25. The molecule has 1 aromatic heterocycles. The summed E-state index contributed by atoms with van der Waals surface area (Å²) in [7, 11) is 0. The number of thioether (sulfide) groups is 1. The Kier molecular flexibility index (Phi) is 4.36. The number of alkyl halides is 1. The molecule has 2 heterocycles. The van der Waals surface area contributed by atoms with Crippen LogP contribution in [0.2, 0.25) is 0 Å². The highest BCUT2D eigenvalue weighted by Crippen LogP contribution is 2.31. The fourth-order valence-electron chi connectivity index (χ4n) is 1.95. The summed E-state index contributed by atoms with van der Waals surface area (Å²) in [6.45, 7) is 4.42. The highest BCUT2D eigenvalue weighted by molar-refractivity contribution is 9.09. The first-order valence-electron chi connectivity index (χ1n) is 5.96. The van der Waals surface area contributed by atoms with Gasteiger partial charge >= 0.3 is 0 Å². The second-order valence-electron chi connectivity index (χ2n) is 4.56. The first-order valence-corrected chi connectivity index (χ1v) is 8.03. The zero-order chi connectivity index (χ0) is 11.5. The van der Waals surface area contributed by atoms with E-state index in [0.717, 1.165) is 18.8 Å². The van der Waals surface area contributed by atoms with Gasteiger partial charge in [-0.2, -0.15) is 16.9 Å². The smallest absolute Gasteiger partial charge is 0.0628 e. The normalized spacial score (nSPS) is 27.2. The molecule has 4 heteroatoms. The molecule has 0 aromatic carbocycles. The third-order valence-corrected chi connectivity index (χ3v) is 6.06. The Morgan fingerprint density at radius 2 is 2.44 bits per heavy atom. The fraction of sp³-hybridized carbons (Fsp3) is 0.750. The lowest BCUT2D eigenvalue weighted by atomic mass is 10.0. The van der Waals surface area contributed by atoms with E-state index in [1.165, 1.54) is 17.2 Å². The predicted molar refractivity (Wildman–Crippen MR) is 74.5 cm³/mol. The van der Waals surface area contributed by atoms with E-state index in [4.69, 9.17) is 0 Å². The van der Waals surface area contributed by atoms with E-state index in [2.05, 4.69) is 51.8 Å². The van der Waals surface area contributed by atoms with Gasteiger partial charge in [-0.1, -0.05) is 22.9 Å². The first-order chi connectivity index (χ1) is 7.70. The molecule has 1 saturated heterocycles. The summed E-state index contributed by atoms with van der Waals surface area (Å²) < 4.78 is 2.10. The molecule has 90 valence electrons. The molecule has 0 N–H and O–H groups in total. The van der Waals surface area contributed by atoms with Crippen molar-refractivity contribution in [2.24, 2.45) is 5.92 Å². The lowest BCUT2D eigenvalue weighted by Crippen LogP contribution is -2.15. The molecule has 3 atom stereocenters. The van der Waals surface area contributed by atoms with Crippen molar-refractivity contribution in [1.82, 2.24) is 9.78 Å². The number of hydrogen-bond donors (Lipinski definition) is 0. The average Bonchev–Trinajstić information content (AvgIpc) is 2.89. The van der Waals surface area contributed by atoms with E-state index in [9.17, 15) is 0 Å². The molecule has 0 spiro atoms. The van der Waals surface area contributed by atoms with Crippen molar-refractivity contribution in [3.63, 3.8) is 0 Å². The number of halogens is 1. The van der Waals surface area contributed by atoms with Gasteiger partial charge in [-0.15, -0.1) is 0 Å². The Hall–Kier alpha value is 0.0400. The van der Waals surface area contributed by atoms with Crippen molar-refractivity contribution in [2.45, 2.75) is 37.6 Å². The fourth-order valence-corrected chi connectivity index (χ4v) is 4.42. The minimum Gasteiger partial charge on any atom is -0.270 e. The van der Waals surface area contributed by atoms with Crippen molar-refractivity contribution >= 4 is 27.7 Å². The Labute approximate surface area is 110 Å². The van der Waals surface area contributed by atoms with Crippen LogP contribution in [0, 0.1) is 5.92 Å². The van der Waals surface area contributed by atoms with Gasteiger partial charge in [0.25, 0.3) is 0 Å². The Morgan fingerprint density at radius 3 is 3.06 bits per heavy atom. The Morgan fingerprint density at radius 1 is 1.62 bits per heavy atom. The molecule has 16 heavy (non-hydrogen) atoms. The summed E-state index contributed by atoms with van der Waals surface area (Å²) in [5.74, 6) is 3.27. The van der Waals surface area contributed by atoms with Crippen LogP contribution in [-0.2, 0) is 6.42 Å². The SMILES string of the molecule is CCC(C)n1ccc(CC2CSCC2Br)n1. The molecular weight excluding hydrogens is 284 g/mol. The minimum atomic E-state index is 0.520. The topological polar surface area (TPSA) is 17.8 Å². The molecule has 1 fully saturated rings. The summed E-state index contributed by atoms with van der Waals surface area (Å²) >= 11 is 5.80. The first kappa shape index (κ1) is 12.5. The zero-order valence-electron chi connectivity index (χ0n) is 9.90. The second kappa shape index (κ2) is 5.58. The average molecular weight is 303 g/mol. The minimum absolute atomic E-state index is 0.520. The quantitative estimate of drug-likeness (QED) is 0.792. The van der Waals surface area contributed by atoms with Crippen LogP contribution in [0.3, 0.4) is 0 Å². The number of hydrogen-bond acceptors (Lipinski definition) is 2. The van der Waals surface area contributed by atoms with Crippen LogP contribution in [0.4, 0.5) is 0 Å². The standard InChI is InChI=1S/C12H19BrN2S/c1-3-9(2)15-5-4-11(14-15)6-10-7-16-8-12(10)13/h4-5,9-10,12H,3,6-8H2,1-2H3. The zero-order valence-corrected chi connectivity index (χ0v) is 12.3. The largest absolute Gasteiger partial charge is 0.270 e. The van der Waals surface area contributed by atoms with Crippen molar-refractivity contribution in [3.05, 3.63) is 18.0 Å². The van der Waals surface area contributed by atoms with Gasteiger partial charge in [-0.25, -0.2) is 0 Å². The molecule has 3 unspecified atom stereocenters. The summed E-state index contributed by atoms with van der Waals surface area (Å²) in [6, 6.07) is 2.70. The van der Waals surface area contributed by atoms with Gasteiger partial charge in [0.1, 0.15) is 0 Å². The van der Waals surface area contributed by atoms with E-state index in [1.807, 2.05) is 11.8 Å². The molecule has 2 nitrogen and oxygen atoms in total. The van der Waals surface area contributed by atoms with Crippen molar-refractivity contribution in [3.8, 4) is 0 Å². The third kappa shape index (κ3) is 2.83. The molecule has 1 aliphatic rings. The van der Waals surface area contributed by atoms with E-state index in [1.54, 1.807) is 0 Å². The van der Waals surface area contributed by atoms with E-state index in [0.29, 0.717) is 10.9 Å². The van der Waals surface area contributed by atoms with Gasteiger partial charge < -0.3 is 0 Å². The lowest BCUT2D eigenvalue weighted by Gasteiger charge is -2.11. The molecule has 0 bridgehead atoms. The van der Waals surface area contributed by atoms with Crippen LogP contribution in [0.25, 0.3) is 0 Å². The van der Waals surface area contributed by atoms with Crippen molar-refractivity contribution in [1.29, 1.82) is 0 Å². The number of rotatable bonds is 4. The highest BCUT2D eigenvalue weighted by Gasteiger charge is 2.26. The molecule has 0 radical (unpaired) electrons. The maximum Gasteiger partial charge on any atom is 0.0628 e. The van der Waals surface area contributed by atoms with E-state index >= 15 is 0 Å². The van der Waals surface area contributed by atoms with E-state index in [-0.39, 0.29) is 0 Å². The van der Waals surface area contributed by atoms with Gasteiger partial charge in [0.2, 0.25) is 0 Å². The predicted octanol–water partition coefficient (Wildman–Crippen LogP) is 3.52. The van der Waals surface area contributed by atoms with Gasteiger partial charge in [-0.3, -0.25) is 4.68 Å². The van der Waals surface area contributed by atoms with Crippen LogP contribution >= 0.6 is 27.7 Å². The summed E-state index contributed by atoms with van der Waals surface area (Å²) in [5, 5.41) is 4.67. The van der Waals surface area contributed by atoms with Crippen LogP contribution < -0.4 is 0 Å². The summed E-state index contributed by atoms with van der Waals surface area (Å²) in [4.78, 5) is 0.672. The second-order valence-corrected chi connectivity index (χ2v) is 6.81. The molecule has 2 rings (SSSR count). The molecule has 0 aliphatic carbocycles. The molecule has 0 amide bonds. The maximum absolute atomic E-state index is 4.67. The molecule has 0 saturated carbocycles. The van der Waals surface area contributed by atoms with Crippen LogP contribution in [0.1, 0.15) is 32.0 Å².